The maximum atomic E-state index is 12.9. The number of aliphatic carboxylic acids is 1. The highest BCUT2D eigenvalue weighted by molar-refractivity contribution is 8.00. The number of hydrogen-bond donors (Lipinski definition) is 1. The van der Waals surface area contributed by atoms with Gasteiger partial charge in [-0.05, 0) is 17.7 Å². The van der Waals surface area contributed by atoms with Gasteiger partial charge < -0.3 is 20.1 Å². The molecule has 3 heterocycles. The van der Waals surface area contributed by atoms with Crippen LogP contribution in [-0.4, -0.2) is 81.6 Å². The molecule has 0 aromatic heterocycles. The minimum Gasteiger partial charge on any atom is -0.569 e. The quantitative estimate of drug-likeness (QED) is 0.205. The minimum atomic E-state index is -1.25. The number of carbonyl (C=O) groups excluding carboxylic acids is 2. The van der Waals surface area contributed by atoms with Crippen LogP contribution in [0.5, 0.6) is 0 Å². The van der Waals surface area contributed by atoms with Gasteiger partial charge in [0.15, 0.2) is 0 Å². The summed E-state index contributed by atoms with van der Waals surface area (Å²) in [6.45, 7) is 1.98. The molecule has 3 aliphatic rings. The largest absolute Gasteiger partial charge is 0.569 e. The van der Waals surface area contributed by atoms with Gasteiger partial charge in [0, 0.05) is 42.9 Å². The van der Waals surface area contributed by atoms with Crippen LogP contribution in [0.1, 0.15) is 12.0 Å². The summed E-state index contributed by atoms with van der Waals surface area (Å²) in [5, 5.41) is 27.0. The third-order valence-corrected chi connectivity index (χ3v) is 8.43. The van der Waals surface area contributed by atoms with Gasteiger partial charge in [0.05, 0.1) is 29.4 Å². The van der Waals surface area contributed by atoms with E-state index in [1.807, 2.05) is 60.7 Å². The molecule has 2 atom stereocenters. The highest BCUT2D eigenvalue weighted by Crippen LogP contribution is 2.45. The van der Waals surface area contributed by atoms with E-state index >= 15 is 0 Å². The van der Waals surface area contributed by atoms with E-state index in [2.05, 4.69) is 10.2 Å². The number of ketones is 1. The van der Waals surface area contributed by atoms with E-state index in [-0.39, 0.29) is 36.8 Å². The lowest BCUT2D eigenvalue weighted by Gasteiger charge is -2.49. The Balaban J connectivity index is 1.15. The molecule has 1 amide bonds. The number of Topliss-reactive ketones (excluding diaryl/α,β-unsaturated/α-hetero) is 1. The maximum Gasteiger partial charge on any atom is 0.352 e. The molecule has 2 aromatic rings. The first kappa shape index (κ1) is 26.5. The molecule has 0 spiro atoms. The maximum absolute atomic E-state index is 12.9. The topological polar surface area (TPSA) is 129 Å². The van der Waals surface area contributed by atoms with Crippen LogP contribution in [0.15, 0.2) is 77.2 Å². The minimum absolute atomic E-state index is 0.0614. The smallest absolute Gasteiger partial charge is 0.352 e. The van der Waals surface area contributed by atoms with E-state index in [1.165, 1.54) is 21.7 Å². The Morgan fingerprint density at radius 1 is 1.05 bits per heavy atom. The van der Waals surface area contributed by atoms with Crippen molar-refractivity contribution in [2.24, 2.45) is 11.2 Å². The number of carboxylic acids is 1. The van der Waals surface area contributed by atoms with Gasteiger partial charge in [-0.3, -0.25) is 14.5 Å². The van der Waals surface area contributed by atoms with Crippen molar-refractivity contribution in [3.8, 4) is 0 Å². The van der Waals surface area contributed by atoms with E-state index in [0.717, 1.165) is 11.3 Å². The summed E-state index contributed by atoms with van der Waals surface area (Å²) in [4.78, 5) is 46.6. The molecule has 0 saturated carbocycles. The second-order valence-electron chi connectivity index (χ2n) is 9.56. The van der Waals surface area contributed by atoms with Gasteiger partial charge in [-0.2, -0.15) is 0 Å². The number of carbonyl (C=O) groups is 3. The first-order valence-electron chi connectivity index (χ1n) is 12.7. The molecule has 0 aliphatic carbocycles. The molecule has 3 aliphatic heterocycles. The van der Waals surface area contributed by atoms with Gasteiger partial charge in [0.1, 0.15) is 18.1 Å². The number of hydrazine groups is 1. The summed E-state index contributed by atoms with van der Waals surface area (Å²) >= 11 is 1.39. The number of β-lactam (4-membered cyclic amide) rings is 1. The summed E-state index contributed by atoms with van der Waals surface area (Å²) in [7, 11) is 0. The third-order valence-electron chi connectivity index (χ3n) is 7.04. The molecular formula is C27H29N5O6S. The number of anilines is 1. The van der Waals surface area contributed by atoms with E-state index in [4.69, 9.17) is 4.84 Å². The molecule has 39 heavy (non-hydrogen) atoms. The number of benzene rings is 2. The van der Waals surface area contributed by atoms with Gasteiger partial charge in [-0.15, -0.1) is 16.8 Å². The molecule has 0 bridgehead atoms. The number of rotatable bonds is 10. The average Bonchev–Trinajstić information content (AvgIpc) is 2.96. The highest BCUT2D eigenvalue weighted by atomic mass is 32.2. The van der Waals surface area contributed by atoms with Crippen molar-refractivity contribution < 1.29 is 29.3 Å². The van der Waals surface area contributed by atoms with Crippen molar-refractivity contribution in [2.75, 3.05) is 43.4 Å². The highest BCUT2D eigenvalue weighted by Gasteiger charge is 2.53. The summed E-state index contributed by atoms with van der Waals surface area (Å²) < 4.78 is 0. The molecule has 2 saturated heterocycles. The van der Waals surface area contributed by atoms with Crippen LogP contribution in [-0.2, 0) is 25.6 Å². The molecule has 0 radical (unpaired) electrons. The van der Waals surface area contributed by atoms with Crippen molar-refractivity contribution in [3.05, 3.63) is 82.7 Å². The van der Waals surface area contributed by atoms with Crippen molar-refractivity contribution in [3.63, 3.8) is 0 Å². The predicted octanol–water partition coefficient (Wildman–Crippen LogP) is 2.69. The van der Waals surface area contributed by atoms with Gasteiger partial charge in [-0.1, -0.05) is 48.5 Å². The Labute approximate surface area is 229 Å². The fraction of sp³-hybridized carbons (Fsp3) is 0.370. The third kappa shape index (κ3) is 5.85. The number of para-hydroxylation sites is 1. The number of nitrogens with zero attached hydrogens (tertiary/aromatic N) is 5. The van der Waals surface area contributed by atoms with Gasteiger partial charge in [0.2, 0.25) is 11.2 Å². The molecule has 2 unspecified atom stereocenters. The molecule has 204 valence electrons. The molecule has 11 nitrogen and oxygen atoms in total. The summed E-state index contributed by atoms with van der Waals surface area (Å²) in [6.07, 6.45) is 0.301. The summed E-state index contributed by atoms with van der Waals surface area (Å²) in [5.74, 6) is -1.96. The van der Waals surface area contributed by atoms with Crippen LogP contribution in [0, 0.1) is 11.1 Å². The van der Waals surface area contributed by atoms with Crippen LogP contribution in [0.3, 0.4) is 0 Å². The van der Waals surface area contributed by atoms with Crippen LogP contribution < -0.4 is 4.90 Å². The monoisotopic (exact) mass is 551 g/mol. The lowest BCUT2D eigenvalue weighted by Crippen LogP contribution is -2.62. The number of thioether (sulfide) groups is 1. The van der Waals surface area contributed by atoms with Crippen LogP contribution in [0.25, 0.3) is 0 Å². The molecule has 2 fully saturated rings. The van der Waals surface area contributed by atoms with Crippen molar-refractivity contribution in [1.82, 2.24) is 9.91 Å². The fourth-order valence-electron chi connectivity index (χ4n) is 5.04. The predicted molar refractivity (Wildman–Crippen MR) is 143 cm³/mol. The molecule has 5 rings (SSSR count). The molecule has 1 N–H and O–H groups in total. The van der Waals surface area contributed by atoms with E-state index < -0.39 is 17.3 Å². The number of carboxylic acid groups (broad SMARTS) is 1. The Hall–Kier alpha value is -4.06. The number of hydrogen-bond acceptors (Lipinski definition) is 8. The number of fused-ring (bicyclic) bond motifs is 1. The van der Waals surface area contributed by atoms with Crippen molar-refractivity contribution in [1.29, 1.82) is 0 Å². The zero-order valence-corrected chi connectivity index (χ0v) is 22.0. The first-order chi connectivity index (χ1) is 18.9. The number of amides is 1. The molecular weight excluding hydrogens is 522 g/mol. The molecule has 12 heteroatoms. The van der Waals surface area contributed by atoms with Gasteiger partial charge in [-0.25, -0.2) is 4.79 Å². The van der Waals surface area contributed by atoms with Crippen LogP contribution in [0.4, 0.5) is 5.69 Å². The first-order valence-corrected chi connectivity index (χ1v) is 13.8. The second kappa shape index (κ2) is 11.8. The summed E-state index contributed by atoms with van der Waals surface area (Å²) in [5.41, 5.74) is 2.17. The Morgan fingerprint density at radius 2 is 1.72 bits per heavy atom. The molecule has 2 aromatic carbocycles. The number of piperazine rings is 1. The average molecular weight is 552 g/mol. The Kier molecular flexibility index (Phi) is 8.01. The van der Waals surface area contributed by atoms with Crippen molar-refractivity contribution in [2.45, 2.75) is 18.2 Å². The van der Waals surface area contributed by atoms with Gasteiger partial charge >= 0.3 is 5.97 Å². The van der Waals surface area contributed by atoms with Crippen LogP contribution >= 0.6 is 11.8 Å². The lowest BCUT2D eigenvalue weighted by molar-refractivity contribution is -0.711. The van der Waals surface area contributed by atoms with Crippen molar-refractivity contribution >= 4 is 35.1 Å². The lowest BCUT2D eigenvalue weighted by atomic mass is 9.89. The zero-order valence-electron chi connectivity index (χ0n) is 21.2. The normalized spacial score (nSPS) is 21.4. The standard InChI is InChI=1S/C27H29N5O6S/c33-22(15-19-7-3-1-4-8-19)16-23-25(34)31-24(27(35)36)20(18-39-26(23)31)17-38-28-32(37)30-13-11-29(12-14-30)21-9-5-2-6-10-21/h1-10,23,26H,11-18H2,(H,35,36)/b32-28-. The Bertz CT molecular complexity index is 1280. The SMILES string of the molecule is O=C(Cc1ccccc1)CC1C(=O)N2C(C(=O)O)=C(CO/N=[N+](\[O-])N3CCN(c4ccccc4)CC3)CSC12. The summed E-state index contributed by atoms with van der Waals surface area (Å²) in [6, 6.07) is 19.2. The zero-order chi connectivity index (χ0) is 27.4. The fourth-order valence-corrected chi connectivity index (χ4v) is 6.44. The van der Waals surface area contributed by atoms with E-state index in [9.17, 15) is 24.7 Å². The second-order valence-corrected chi connectivity index (χ2v) is 10.7. The van der Waals surface area contributed by atoms with E-state index in [1.54, 1.807) is 0 Å². The van der Waals surface area contributed by atoms with Gasteiger partial charge in [0.25, 0.3) is 0 Å². The van der Waals surface area contributed by atoms with Crippen LogP contribution in [0.2, 0.25) is 0 Å². The van der Waals surface area contributed by atoms with E-state index in [0.29, 0.717) is 42.5 Å². The Morgan fingerprint density at radius 3 is 2.38 bits per heavy atom.